The van der Waals surface area contributed by atoms with E-state index < -0.39 is 104 Å². The molecule has 3 amide bonds. The van der Waals surface area contributed by atoms with Gasteiger partial charge < -0.3 is 122 Å². The van der Waals surface area contributed by atoms with Crippen molar-refractivity contribution < 1.29 is 125 Å². The van der Waals surface area contributed by atoms with Crippen LogP contribution in [-0.2, 0) is 99.7 Å². The molecule has 7 unspecified atom stereocenters. The third kappa shape index (κ3) is 32.5. The van der Waals surface area contributed by atoms with Crippen LogP contribution in [0, 0.1) is 17.8 Å². The van der Waals surface area contributed by atoms with E-state index in [-0.39, 0.29) is 62.5 Å². The highest BCUT2D eigenvalue weighted by Crippen LogP contribution is 2.41. The van der Waals surface area contributed by atoms with Gasteiger partial charge in [0.1, 0.15) is 54.6 Å². The second-order valence-electron chi connectivity index (χ2n) is 23.7. The highest BCUT2D eigenvalue weighted by molar-refractivity contribution is 5.81. The smallest absolute Gasteiger partial charge is 0.251 e. The molecule has 92 heavy (non-hydrogen) atoms. The third-order valence-corrected chi connectivity index (χ3v) is 16.4. The predicted octanol–water partition coefficient (Wildman–Crippen LogP) is 0.100. The maximum absolute atomic E-state index is 14.1. The van der Waals surface area contributed by atoms with Gasteiger partial charge in [-0.1, -0.05) is 45.4 Å². The lowest BCUT2D eigenvalue weighted by Crippen LogP contribution is -2.67. The summed E-state index contributed by atoms with van der Waals surface area (Å²) >= 11 is 0. The molecular weight excluding hydrogens is 1210 g/mol. The Balaban J connectivity index is 1.09. The van der Waals surface area contributed by atoms with Crippen LogP contribution in [0.15, 0.2) is 0 Å². The van der Waals surface area contributed by atoms with Gasteiger partial charge in [-0.05, 0) is 44.4 Å². The third-order valence-electron chi connectivity index (χ3n) is 16.4. The van der Waals surface area contributed by atoms with Gasteiger partial charge in [-0.3, -0.25) is 19.2 Å². The molecule has 0 aromatic heterocycles. The van der Waals surface area contributed by atoms with Crippen LogP contribution in [0.5, 0.6) is 0 Å². The number of nitrogens with one attached hydrogen (secondary N) is 2. The van der Waals surface area contributed by atoms with Gasteiger partial charge in [0, 0.05) is 53.4 Å². The molecule has 2 aliphatic carbocycles. The molecule has 4 aliphatic rings. The quantitative estimate of drug-likeness (QED) is 0.0397. The van der Waals surface area contributed by atoms with Crippen LogP contribution in [0.25, 0.3) is 0 Å². The molecular formula is C63H115N3O26. The van der Waals surface area contributed by atoms with Gasteiger partial charge in [0.05, 0.1) is 177 Å². The summed E-state index contributed by atoms with van der Waals surface area (Å²) in [6.45, 7) is 14.4. The number of amides is 3. The number of ether oxygens (including phenoxy) is 17. The van der Waals surface area contributed by atoms with Gasteiger partial charge in [-0.25, -0.2) is 0 Å². The van der Waals surface area contributed by atoms with E-state index in [9.17, 15) is 44.7 Å². The average Bonchev–Trinajstić information content (AvgIpc) is 0.796. The van der Waals surface area contributed by atoms with Crippen molar-refractivity contribution in [3.05, 3.63) is 0 Å². The van der Waals surface area contributed by atoms with Crippen LogP contribution < -0.4 is 10.6 Å². The molecule has 2 saturated heterocycles. The standard InChI is InChI=1S/C63H115N3O26/c1-7-47-41-48(49(69)14-11-16-64-53(70)15-17-77-20-21-79-24-25-81-28-29-83-32-33-85-36-37-87-39-38-86-35-34-84-31-30-82-27-26-80-23-22-78-19-18-76-6)42-50(59(47)92-63-58(74)57(73)55(71)44(2)88-63)90-62-54(65-45(3)68)60(56(72)52(43-67)91-62)89-51(61(75)66(4)5)40-46-12-9-8-10-13-46/h44,46-48,50-52,54-60,62-63,67,71-74H,7-43H2,1-6H3,(H,64,70)(H,65,68)/t44-,47?,48?,50+,51-,52-,54?,55-,56?,57?,58-,59+,60?,62+,63?/m0/s1. The Morgan fingerprint density at radius 3 is 1.52 bits per heavy atom. The molecule has 538 valence electrons. The first kappa shape index (κ1) is 81.6. The van der Waals surface area contributed by atoms with E-state index in [1.165, 1.54) is 18.7 Å². The number of nitrogens with zero attached hydrogens (tertiary/aromatic N) is 1. The molecule has 0 aromatic rings. The highest BCUT2D eigenvalue weighted by Gasteiger charge is 2.53. The van der Waals surface area contributed by atoms with Crippen molar-refractivity contribution in [1.82, 2.24) is 15.5 Å². The number of aliphatic hydroxyl groups is 5. The van der Waals surface area contributed by atoms with Gasteiger partial charge in [0.25, 0.3) is 5.91 Å². The average molecular weight is 1330 g/mol. The number of Topliss-reactive ketones (excluding diaryl/α,β-unsaturated/α-hetero) is 1. The van der Waals surface area contributed by atoms with Crippen molar-refractivity contribution >= 4 is 23.5 Å². The molecule has 7 N–H and O–H groups in total. The number of carbonyl (C=O) groups excluding carboxylic acids is 4. The number of hydrogen-bond donors (Lipinski definition) is 7. The largest absolute Gasteiger partial charge is 0.394 e. The number of methoxy groups -OCH3 is 1. The van der Waals surface area contributed by atoms with E-state index in [1.54, 1.807) is 21.2 Å². The summed E-state index contributed by atoms with van der Waals surface area (Å²) in [6, 6.07) is -1.24. The van der Waals surface area contributed by atoms with Gasteiger partial charge >= 0.3 is 0 Å². The normalized spacial score (nSPS) is 27.4. The number of aliphatic hydroxyl groups excluding tert-OH is 5. The number of hydrogen-bond acceptors (Lipinski definition) is 26. The zero-order valence-electron chi connectivity index (χ0n) is 55.7. The Morgan fingerprint density at radius 2 is 1.07 bits per heavy atom. The van der Waals surface area contributed by atoms with Crippen LogP contribution in [0.3, 0.4) is 0 Å². The summed E-state index contributed by atoms with van der Waals surface area (Å²) in [7, 11) is 4.86. The maximum Gasteiger partial charge on any atom is 0.251 e. The molecule has 2 saturated carbocycles. The number of likely N-dealkylation sites (N-methyl/N-ethyl adjacent to an activating group) is 1. The summed E-state index contributed by atoms with van der Waals surface area (Å²) in [4.78, 5) is 55.0. The Kier molecular flexibility index (Phi) is 44.1. The topological polar surface area (TPSA) is 354 Å². The minimum Gasteiger partial charge on any atom is -0.394 e. The van der Waals surface area contributed by atoms with Gasteiger partial charge in [-0.2, -0.15) is 0 Å². The molecule has 29 heteroatoms. The molecule has 0 aromatic carbocycles. The lowest BCUT2D eigenvalue weighted by Gasteiger charge is -2.49. The molecule has 2 heterocycles. The Hall–Kier alpha value is -2.80. The number of ketones is 1. The second kappa shape index (κ2) is 49.7. The van der Waals surface area contributed by atoms with Crippen molar-refractivity contribution in [3.63, 3.8) is 0 Å². The summed E-state index contributed by atoms with van der Waals surface area (Å²) in [5.74, 6) is -2.00. The molecule has 0 bridgehead atoms. The summed E-state index contributed by atoms with van der Waals surface area (Å²) in [5.41, 5.74) is 0. The van der Waals surface area contributed by atoms with E-state index >= 15 is 0 Å². The number of carbonyl (C=O) groups is 4. The Bertz CT molecular complexity index is 1920. The minimum absolute atomic E-state index is 0.0597. The molecule has 15 atom stereocenters. The monoisotopic (exact) mass is 1330 g/mol. The van der Waals surface area contributed by atoms with Crippen molar-refractivity contribution in [3.8, 4) is 0 Å². The van der Waals surface area contributed by atoms with Crippen LogP contribution in [0.1, 0.15) is 97.8 Å². The van der Waals surface area contributed by atoms with Crippen molar-refractivity contribution in [2.24, 2.45) is 17.8 Å². The van der Waals surface area contributed by atoms with Crippen molar-refractivity contribution in [1.29, 1.82) is 0 Å². The van der Waals surface area contributed by atoms with E-state index in [0.29, 0.717) is 164 Å². The summed E-state index contributed by atoms with van der Waals surface area (Å²) < 4.78 is 97.4. The van der Waals surface area contributed by atoms with E-state index in [2.05, 4.69) is 10.6 Å². The molecule has 0 spiro atoms. The van der Waals surface area contributed by atoms with Crippen LogP contribution in [0.2, 0.25) is 0 Å². The fourth-order valence-electron chi connectivity index (χ4n) is 11.3. The zero-order chi connectivity index (χ0) is 66.7. The van der Waals surface area contributed by atoms with E-state index in [0.717, 1.165) is 32.1 Å². The predicted molar refractivity (Wildman–Crippen MR) is 329 cm³/mol. The summed E-state index contributed by atoms with van der Waals surface area (Å²) in [5, 5.41) is 60.3. The molecule has 0 radical (unpaired) electrons. The molecule has 2 aliphatic heterocycles. The van der Waals surface area contributed by atoms with E-state index in [4.69, 9.17) is 80.5 Å². The van der Waals surface area contributed by atoms with Crippen molar-refractivity contribution in [2.45, 2.75) is 177 Å². The Labute approximate surface area is 544 Å². The minimum atomic E-state index is -1.66. The van der Waals surface area contributed by atoms with Crippen LogP contribution in [-0.4, -0.2) is 320 Å². The molecule has 4 rings (SSSR count). The zero-order valence-corrected chi connectivity index (χ0v) is 55.7. The number of rotatable bonds is 53. The molecule has 4 fully saturated rings. The van der Waals surface area contributed by atoms with Crippen LogP contribution in [0.4, 0.5) is 0 Å². The second-order valence-corrected chi connectivity index (χ2v) is 23.7. The highest BCUT2D eigenvalue weighted by atomic mass is 16.7. The fraction of sp³-hybridized carbons (Fsp3) is 0.937. The fourth-order valence-corrected chi connectivity index (χ4v) is 11.3. The van der Waals surface area contributed by atoms with Gasteiger partial charge in [-0.15, -0.1) is 0 Å². The lowest BCUT2D eigenvalue weighted by atomic mass is 9.74. The van der Waals surface area contributed by atoms with Gasteiger partial charge in [0.2, 0.25) is 11.8 Å². The van der Waals surface area contributed by atoms with Crippen molar-refractivity contribution in [2.75, 3.05) is 186 Å². The first-order valence-corrected chi connectivity index (χ1v) is 33.3. The summed E-state index contributed by atoms with van der Waals surface area (Å²) in [6.07, 6.45) is -8.74. The SMILES string of the molecule is CCC1CC(C(=O)CCCNC(=O)CCOCCOCCOCCOCCOCCOCCOCCOCCOCCOCCOCCOC)C[C@@H](O[C@@H]2O[C@@H](CO)C(O)C(O[C@@H](CC3CCCCC3)C(=O)N(C)C)C2NC(C)=O)[C@@H]1OC1O[C@@H](C)[C@H](O)C(O)[C@@H]1O. The first-order chi connectivity index (χ1) is 44.6. The maximum atomic E-state index is 14.1. The van der Waals surface area contributed by atoms with Crippen LogP contribution >= 0.6 is 0 Å². The first-order valence-electron chi connectivity index (χ1n) is 33.3. The molecule has 29 nitrogen and oxygen atoms in total. The van der Waals surface area contributed by atoms with E-state index in [1.807, 2.05) is 6.92 Å². The Morgan fingerprint density at radius 1 is 0.576 bits per heavy atom. The lowest BCUT2D eigenvalue weighted by molar-refractivity contribution is -0.338. The van der Waals surface area contributed by atoms with Gasteiger partial charge in [0.15, 0.2) is 12.6 Å².